The van der Waals surface area contributed by atoms with Gasteiger partial charge in [0, 0.05) is 11.6 Å². The van der Waals surface area contributed by atoms with Crippen molar-refractivity contribution in [1.29, 1.82) is 10.5 Å². The van der Waals surface area contributed by atoms with Gasteiger partial charge >= 0.3 is 0 Å². The molecule has 6 heteroatoms. The topological polar surface area (TPSA) is 117 Å². The number of nitro groups is 1. The number of nitrogen functional groups attached to an aromatic ring is 1. The van der Waals surface area contributed by atoms with Gasteiger partial charge in [-0.1, -0.05) is 0 Å². The van der Waals surface area contributed by atoms with E-state index in [0.29, 0.717) is 0 Å². The molecule has 0 saturated heterocycles. The Balaban J connectivity index is 3.45. The molecular formula is C9H6N4O2. The van der Waals surface area contributed by atoms with Crippen molar-refractivity contribution in [2.75, 3.05) is 5.73 Å². The van der Waals surface area contributed by atoms with E-state index in [1.54, 1.807) is 0 Å². The van der Waals surface area contributed by atoms with Crippen molar-refractivity contribution in [3.8, 4) is 12.1 Å². The van der Waals surface area contributed by atoms with Crippen LogP contribution >= 0.6 is 0 Å². The molecule has 0 heterocycles. The van der Waals surface area contributed by atoms with Gasteiger partial charge in [0.1, 0.15) is 5.69 Å². The smallest absolute Gasteiger partial charge is 0.292 e. The highest BCUT2D eigenvalue weighted by Gasteiger charge is 2.17. The highest BCUT2D eigenvalue weighted by molar-refractivity contribution is 5.68. The molecule has 74 valence electrons. The number of nitro benzene ring substituents is 1. The van der Waals surface area contributed by atoms with Gasteiger partial charge in [-0.05, 0) is 6.07 Å². The van der Waals surface area contributed by atoms with Crippen LogP contribution < -0.4 is 5.73 Å². The van der Waals surface area contributed by atoms with Gasteiger partial charge in [0.25, 0.3) is 5.69 Å². The summed E-state index contributed by atoms with van der Waals surface area (Å²) >= 11 is 0. The summed E-state index contributed by atoms with van der Waals surface area (Å²) in [6.45, 7) is 0. The third-order valence-electron chi connectivity index (χ3n) is 1.91. The molecule has 1 aromatic carbocycles. The number of nitrogens with zero attached hydrogens (tertiary/aromatic N) is 3. The molecule has 0 aliphatic rings. The molecule has 15 heavy (non-hydrogen) atoms. The summed E-state index contributed by atoms with van der Waals surface area (Å²) in [6, 6.07) is 6.10. The molecule has 0 radical (unpaired) electrons. The Kier molecular flexibility index (Phi) is 2.85. The summed E-state index contributed by atoms with van der Waals surface area (Å²) in [5.41, 5.74) is 5.52. The third kappa shape index (κ3) is 1.84. The van der Waals surface area contributed by atoms with Gasteiger partial charge in [-0.2, -0.15) is 10.5 Å². The molecule has 0 unspecified atom stereocenters. The predicted octanol–water partition coefficient (Wildman–Crippen LogP) is 1.11. The second-order valence-electron chi connectivity index (χ2n) is 2.73. The fraction of sp³-hybridized carbons (Fsp3) is 0.111. The summed E-state index contributed by atoms with van der Waals surface area (Å²) < 4.78 is 0. The quantitative estimate of drug-likeness (QED) is 0.438. The molecule has 1 rings (SSSR count). The van der Waals surface area contributed by atoms with Crippen LogP contribution in [0.3, 0.4) is 0 Å². The predicted molar refractivity (Wildman–Crippen MR) is 51.5 cm³/mol. The summed E-state index contributed by atoms with van der Waals surface area (Å²) in [7, 11) is 0. The van der Waals surface area contributed by atoms with Crippen LogP contribution in [0.4, 0.5) is 11.4 Å². The Labute approximate surface area is 85.3 Å². The SMILES string of the molecule is N#CCc1c(C#N)ccc([N+](=O)[O-])c1N. The lowest BCUT2D eigenvalue weighted by molar-refractivity contribution is -0.383. The van der Waals surface area contributed by atoms with Crippen molar-refractivity contribution in [3.63, 3.8) is 0 Å². The average Bonchev–Trinajstić information content (AvgIpc) is 2.20. The zero-order chi connectivity index (χ0) is 11.4. The molecule has 1 aromatic rings. The Bertz CT molecular complexity index is 496. The Morgan fingerprint density at radius 2 is 2.13 bits per heavy atom. The van der Waals surface area contributed by atoms with Crippen molar-refractivity contribution < 1.29 is 4.92 Å². The van der Waals surface area contributed by atoms with Crippen LogP contribution in [0.25, 0.3) is 0 Å². The van der Waals surface area contributed by atoms with E-state index in [4.69, 9.17) is 16.3 Å². The maximum Gasteiger partial charge on any atom is 0.292 e. The van der Waals surface area contributed by atoms with Gasteiger partial charge in [-0.15, -0.1) is 0 Å². The van der Waals surface area contributed by atoms with E-state index in [0.717, 1.165) is 6.07 Å². The number of hydrogen-bond acceptors (Lipinski definition) is 5. The zero-order valence-corrected chi connectivity index (χ0v) is 7.60. The second kappa shape index (κ2) is 4.07. The minimum atomic E-state index is -0.642. The number of anilines is 1. The van der Waals surface area contributed by atoms with Crippen molar-refractivity contribution in [2.45, 2.75) is 6.42 Å². The van der Waals surface area contributed by atoms with Gasteiger partial charge in [0.05, 0.1) is 29.0 Å². The van der Waals surface area contributed by atoms with Crippen LogP contribution in [-0.2, 0) is 6.42 Å². The van der Waals surface area contributed by atoms with Crippen molar-refractivity contribution in [3.05, 3.63) is 33.4 Å². The van der Waals surface area contributed by atoms with Gasteiger partial charge in [-0.3, -0.25) is 10.1 Å². The standard InChI is InChI=1S/C9H6N4O2/c10-4-3-7-6(5-11)1-2-8(9(7)12)13(14)15/h1-2H,3,12H2. The summed E-state index contributed by atoms with van der Waals surface area (Å²) in [5, 5.41) is 27.8. The molecule has 0 atom stereocenters. The lowest BCUT2D eigenvalue weighted by Gasteiger charge is -2.03. The monoisotopic (exact) mass is 202 g/mol. The third-order valence-corrected chi connectivity index (χ3v) is 1.91. The maximum absolute atomic E-state index is 10.5. The van der Waals surface area contributed by atoms with Crippen LogP contribution in [0.5, 0.6) is 0 Å². The first-order chi connectivity index (χ1) is 7.11. The van der Waals surface area contributed by atoms with Crippen molar-refractivity contribution in [2.24, 2.45) is 0 Å². The van der Waals surface area contributed by atoms with Crippen LogP contribution in [0.15, 0.2) is 12.1 Å². The van der Waals surface area contributed by atoms with Gasteiger partial charge in [0.15, 0.2) is 0 Å². The number of nitriles is 2. The Morgan fingerprint density at radius 3 is 2.60 bits per heavy atom. The van der Waals surface area contributed by atoms with E-state index in [2.05, 4.69) is 0 Å². The van der Waals surface area contributed by atoms with Gasteiger partial charge in [-0.25, -0.2) is 0 Å². The molecule has 0 aromatic heterocycles. The minimum absolute atomic E-state index is 0.111. The first-order valence-corrected chi connectivity index (χ1v) is 3.94. The molecule has 0 saturated carbocycles. The fourth-order valence-electron chi connectivity index (χ4n) is 1.19. The molecule has 0 aliphatic heterocycles. The van der Waals surface area contributed by atoms with E-state index in [1.165, 1.54) is 6.07 Å². The molecule has 0 aliphatic carbocycles. The summed E-state index contributed by atoms with van der Waals surface area (Å²) in [6.07, 6.45) is -0.115. The molecule has 2 N–H and O–H groups in total. The van der Waals surface area contributed by atoms with Gasteiger partial charge < -0.3 is 5.73 Å². The molecular weight excluding hydrogens is 196 g/mol. The Morgan fingerprint density at radius 1 is 1.47 bits per heavy atom. The lowest BCUT2D eigenvalue weighted by Crippen LogP contribution is -2.02. The molecule has 0 spiro atoms. The highest BCUT2D eigenvalue weighted by Crippen LogP contribution is 2.27. The van der Waals surface area contributed by atoms with Crippen molar-refractivity contribution in [1.82, 2.24) is 0 Å². The molecule has 0 fully saturated rings. The first-order valence-electron chi connectivity index (χ1n) is 3.94. The highest BCUT2D eigenvalue weighted by atomic mass is 16.6. The summed E-state index contributed by atoms with van der Waals surface area (Å²) in [4.78, 5) is 9.90. The molecule has 0 amide bonds. The van der Waals surface area contributed by atoms with Crippen LogP contribution in [0.2, 0.25) is 0 Å². The zero-order valence-electron chi connectivity index (χ0n) is 7.60. The van der Waals surface area contributed by atoms with Crippen LogP contribution in [0, 0.1) is 32.8 Å². The van der Waals surface area contributed by atoms with E-state index < -0.39 is 4.92 Å². The minimum Gasteiger partial charge on any atom is -0.393 e. The van der Waals surface area contributed by atoms with E-state index in [9.17, 15) is 10.1 Å². The fourth-order valence-corrected chi connectivity index (χ4v) is 1.19. The second-order valence-corrected chi connectivity index (χ2v) is 2.73. The number of hydrogen-bond donors (Lipinski definition) is 1. The number of nitrogens with two attached hydrogens (primary N) is 1. The first kappa shape index (κ1) is 10.5. The maximum atomic E-state index is 10.5. The van der Waals surface area contributed by atoms with Crippen LogP contribution in [-0.4, -0.2) is 4.92 Å². The molecule has 0 bridgehead atoms. The average molecular weight is 202 g/mol. The van der Waals surface area contributed by atoms with E-state index >= 15 is 0 Å². The summed E-state index contributed by atoms with van der Waals surface area (Å²) in [5.74, 6) is 0. The lowest BCUT2D eigenvalue weighted by atomic mass is 10.0. The number of rotatable bonds is 2. The largest absolute Gasteiger partial charge is 0.393 e. The number of benzene rings is 1. The molecule has 6 nitrogen and oxygen atoms in total. The van der Waals surface area contributed by atoms with Crippen LogP contribution in [0.1, 0.15) is 11.1 Å². The van der Waals surface area contributed by atoms with E-state index in [1.807, 2.05) is 12.1 Å². The Hall–Kier alpha value is -2.60. The van der Waals surface area contributed by atoms with Crippen molar-refractivity contribution >= 4 is 11.4 Å². The normalized spacial score (nSPS) is 8.93. The van der Waals surface area contributed by atoms with Gasteiger partial charge in [0.2, 0.25) is 0 Å². The van der Waals surface area contributed by atoms with E-state index in [-0.39, 0.29) is 28.9 Å².